The van der Waals surface area contributed by atoms with Gasteiger partial charge in [0.2, 0.25) is 0 Å². The SMILES string of the molecule is CN(C(=O)NC1C2CCOC2C12CCC2)C1CCC(CO)CC1. The van der Waals surface area contributed by atoms with Gasteiger partial charge in [-0.15, -0.1) is 0 Å². The summed E-state index contributed by atoms with van der Waals surface area (Å²) in [4.78, 5) is 14.7. The Hall–Kier alpha value is -0.810. The van der Waals surface area contributed by atoms with Gasteiger partial charge < -0.3 is 20.1 Å². The maximum Gasteiger partial charge on any atom is 0.317 e. The van der Waals surface area contributed by atoms with Gasteiger partial charge in [0, 0.05) is 43.7 Å². The van der Waals surface area contributed by atoms with E-state index in [1.807, 2.05) is 11.9 Å². The normalized spacial score (nSPS) is 40.9. The molecule has 0 radical (unpaired) electrons. The number of carbonyl (C=O) groups excluding carboxylic acids is 1. The van der Waals surface area contributed by atoms with Crippen molar-refractivity contribution in [2.24, 2.45) is 17.3 Å². The standard InChI is InChI=1S/C18H30N2O3/c1-20(13-5-3-12(11-21)4-6-13)17(22)19-15-14-7-10-23-16(14)18(15)8-2-9-18/h12-16,21H,2-11H2,1H3,(H,19,22). The number of hydrogen-bond donors (Lipinski definition) is 2. The van der Waals surface area contributed by atoms with Crippen LogP contribution < -0.4 is 5.32 Å². The molecule has 0 aromatic heterocycles. The molecule has 0 aromatic rings. The third kappa shape index (κ3) is 2.39. The van der Waals surface area contributed by atoms with Gasteiger partial charge in [0.1, 0.15) is 0 Å². The lowest BCUT2D eigenvalue weighted by Gasteiger charge is -2.63. The first-order valence-electron chi connectivity index (χ1n) is 9.41. The lowest BCUT2D eigenvalue weighted by Crippen LogP contribution is -2.72. The summed E-state index contributed by atoms with van der Waals surface area (Å²) < 4.78 is 5.93. The van der Waals surface area contributed by atoms with Gasteiger partial charge in [0.05, 0.1) is 6.10 Å². The fraction of sp³-hybridized carbons (Fsp3) is 0.944. The van der Waals surface area contributed by atoms with E-state index in [9.17, 15) is 9.90 Å². The van der Waals surface area contributed by atoms with Gasteiger partial charge >= 0.3 is 6.03 Å². The summed E-state index contributed by atoms with van der Waals surface area (Å²) in [6, 6.07) is 0.748. The molecule has 3 atom stereocenters. The molecule has 3 aliphatic carbocycles. The van der Waals surface area contributed by atoms with Crippen LogP contribution in [0, 0.1) is 17.3 Å². The van der Waals surface area contributed by atoms with Crippen molar-refractivity contribution in [3.05, 3.63) is 0 Å². The Morgan fingerprint density at radius 3 is 2.61 bits per heavy atom. The summed E-state index contributed by atoms with van der Waals surface area (Å²) in [6.07, 6.45) is 9.31. The largest absolute Gasteiger partial charge is 0.396 e. The van der Waals surface area contributed by atoms with E-state index in [1.54, 1.807) is 0 Å². The highest BCUT2D eigenvalue weighted by atomic mass is 16.5. The molecule has 1 saturated heterocycles. The Morgan fingerprint density at radius 1 is 1.26 bits per heavy atom. The second-order valence-electron chi connectivity index (χ2n) is 8.23. The number of ether oxygens (including phenoxy) is 1. The van der Waals surface area contributed by atoms with Gasteiger partial charge in [0.15, 0.2) is 0 Å². The smallest absolute Gasteiger partial charge is 0.317 e. The Kier molecular flexibility index (Phi) is 4.04. The van der Waals surface area contributed by atoms with Crippen LogP contribution in [0.3, 0.4) is 0 Å². The summed E-state index contributed by atoms with van der Waals surface area (Å²) in [5, 5.41) is 12.6. The van der Waals surface area contributed by atoms with Gasteiger partial charge in [-0.25, -0.2) is 4.79 Å². The maximum atomic E-state index is 12.7. The second kappa shape index (κ2) is 5.92. The number of nitrogens with one attached hydrogen (secondary N) is 1. The third-order valence-electron chi connectivity index (χ3n) is 7.26. The lowest BCUT2D eigenvalue weighted by molar-refractivity contribution is -0.172. The number of fused-ring (bicyclic) bond motifs is 2. The Labute approximate surface area is 138 Å². The van der Waals surface area contributed by atoms with Crippen molar-refractivity contribution in [1.82, 2.24) is 10.2 Å². The van der Waals surface area contributed by atoms with E-state index in [0.29, 0.717) is 30.0 Å². The summed E-state index contributed by atoms with van der Waals surface area (Å²) in [6.45, 7) is 1.15. The van der Waals surface area contributed by atoms with Gasteiger partial charge in [0.25, 0.3) is 0 Å². The number of aliphatic hydroxyl groups is 1. The van der Waals surface area contributed by atoms with E-state index < -0.39 is 0 Å². The van der Waals surface area contributed by atoms with E-state index in [-0.39, 0.29) is 18.1 Å². The number of rotatable bonds is 3. The topological polar surface area (TPSA) is 61.8 Å². The zero-order valence-electron chi connectivity index (χ0n) is 14.2. The minimum absolute atomic E-state index is 0.0964. The van der Waals surface area contributed by atoms with Crippen LogP contribution in [0.1, 0.15) is 51.4 Å². The van der Waals surface area contributed by atoms with Crippen LogP contribution in [0.25, 0.3) is 0 Å². The number of amides is 2. The Bertz CT molecular complexity index is 457. The van der Waals surface area contributed by atoms with Crippen LogP contribution in [0.2, 0.25) is 0 Å². The fourth-order valence-electron chi connectivity index (χ4n) is 5.57. The number of carbonyl (C=O) groups is 1. The number of nitrogens with zero attached hydrogens (tertiary/aromatic N) is 1. The molecule has 0 bridgehead atoms. The van der Waals surface area contributed by atoms with Crippen LogP contribution in [0.4, 0.5) is 4.79 Å². The highest BCUT2D eigenvalue weighted by Gasteiger charge is 2.67. The minimum atomic E-state index is 0.0964. The maximum absolute atomic E-state index is 12.7. The van der Waals surface area contributed by atoms with Crippen molar-refractivity contribution in [2.75, 3.05) is 20.3 Å². The Balaban J connectivity index is 1.34. The van der Waals surface area contributed by atoms with E-state index in [0.717, 1.165) is 38.7 Å². The first kappa shape index (κ1) is 15.7. The van der Waals surface area contributed by atoms with Crippen molar-refractivity contribution >= 4 is 6.03 Å². The molecular formula is C18H30N2O3. The highest BCUT2D eigenvalue weighted by Crippen LogP contribution is 2.62. The first-order chi connectivity index (χ1) is 11.2. The Morgan fingerprint density at radius 2 is 2.00 bits per heavy atom. The molecule has 0 aromatic carbocycles. The zero-order valence-corrected chi connectivity index (χ0v) is 14.2. The highest BCUT2D eigenvalue weighted by molar-refractivity contribution is 5.75. The number of hydrogen-bond acceptors (Lipinski definition) is 3. The molecule has 3 saturated carbocycles. The quantitative estimate of drug-likeness (QED) is 0.837. The average molecular weight is 322 g/mol. The predicted octanol–water partition coefficient (Wildman–Crippen LogP) is 2.14. The summed E-state index contributed by atoms with van der Waals surface area (Å²) in [5.41, 5.74) is 0.256. The van der Waals surface area contributed by atoms with Crippen molar-refractivity contribution in [1.29, 1.82) is 0 Å². The number of urea groups is 1. The van der Waals surface area contributed by atoms with Crippen LogP contribution >= 0.6 is 0 Å². The summed E-state index contributed by atoms with van der Waals surface area (Å²) in [7, 11) is 1.94. The molecule has 4 rings (SSSR count). The van der Waals surface area contributed by atoms with Crippen molar-refractivity contribution in [3.63, 3.8) is 0 Å². The molecule has 130 valence electrons. The van der Waals surface area contributed by atoms with Gasteiger partial charge in [-0.3, -0.25) is 0 Å². The molecule has 1 heterocycles. The van der Waals surface area contributed by atoms with Crippen LogP contribution in [0.15, 0.2) is 0 Å². The first-order valence-corrected chi connectivity index (χ1v) is 9.41. The molecule has 23 heavy (non-hydrogen) atoms. The molecule has 5 nitrogen and oxygen atoms in total. The van der Waals surface area contributed by atoms with E-state index in [1.165, 1.54) is 19.3 Å². The third-order valence-corrected chi connectivity index (χ3v) is 7.26. The molecule has 4 aliphatic rings. The minimum Gasteiger partial charge on any atom is -0.396 e. The molecule has 5 heteroatoms. The fourth-order valence-corrected chi connectivity index (χ4v) is 5.57. The molecule has 4 fully saturated rings. The zero-order chi connectivity index (χ0) is 16.0. The van der Waals surface area contributed by atoms with Gasteiger partial charge in [-0.2, -0.15) is 0 Å². The monoisotopic (exact) mass is 322 g/mol. The van der Waals surface area contributed by atoms with E-state index in [4.69, 9.17) is 4.74 Å². The van der Waals surface area contributed by atoms with E-state index in [2.05, 4.69) is 5.32 Å². The number of aliphatic hydroxyl groups excluding tert-OH is 1. The van der Waals surface area contributed by atoms with Crippen LogP contribution in [-0.2, 0) is 4.74 Å². The van der Waals surface area contributed by atoms with Gasteiger partial charge in [-0.05, 0) is 50.9 Å². The van der Waals surface area contributed by atoms with Crippen molar-refractivity contribution in [2.45, 2.75) is 69.6 Å². The second-order valence-corrected chi connectivity index (χ2v) is 8.23. The molecule has 1 spiro atoms. The summed E-state index contributed by atoms with van der Waals surface area (Å²) >= 11 is 0. The molecule has 1 aliphatic heterocycles. The average Bonchev–Trinajstić information content (AvgIpc) is 2.95. The summed E-state index contributed by atoms with van der Waals surface area (Å²) in [5.74, 6) is 0.974. The molecule has 3 unspecified atom stereocenters. The predicted molar refractivity (Wildman–Crippen MR) is 87.0 cm³/mol. The van der Waals surface area contributed by atoms with Crippen LogP contribution in [-0.4, -0.2) is 54.5 Å². The van der Waals surface area contributed by atoms with Crippen molar-refractivity contribution < 1.29 is 14.6 Å². The van der Waals surface area contributed by atoms with Crippen LogP contribution in [0.5, 0.6) is 0 Å². The van der Waals surface area contributed by atoms with Crippen molar-refractivity contribution in [3.8, 4) is 0 Å². The molecule has 2 N–H and O–H groups in total. The van der Waals surface area contributed by atoms with Gasteiger partial charge in [-0.1, -0.05) is 6.42 Å². The molecular weight excluding hydrogens is 292 g/mol. The molecule has 2 amide bonds. The lowest BCUT2D eigenvalue weighted by atomic mass is 9.46. The van der Waals surface area contributed by atoms with E-state index >= 15 is 0 Å².